The first-order chi connectivity index (χ1) is 12.0. The van der Waals surface area contributed by atoms with Gasteiger partial charge in [-0.25, -0.2) is 5.43 Å². The third-order valence-electron chi connectivity index (χ3n) is 3.33. The average Bonchev–Trinajstić information content (AvgIpc) is 3.06. The smallest absolute Gasteiger partial charge is 0.271 e. The number of aromatic hydroxyl groups is 1. The molecule has 0 saturated carbocycles. The van der Waals surface area contributed by atoms with E-state index in [1.54, 1.807) is 30.3 Å². The Labute approximate surface area is 153 Å². The van der Waals surface area contributed by atoms with E-state index in [1.165, 1.54) is 30.5 Å². The first-order valence-corrected chi connectivity index (χ1v) is 7.97. The van der Waals surface area contributed by atoms with Gasteiger partial charge in [-0.1, -0.05) is 29.3 Å². The SMILES string of the molecule is O=C(N/N=C\c1ccc(-c2cccc(Cl)c2Cl)o1)c1ccc(O)cc1. The van der Waals surface area contributed by atoms with Crippen LogP contribution in [0.15, 0.2) is 64.1 Å². The standard InChI is InChI=1S/C18H12Cl2N2O3/c19-15-3-1-2-14(17(15)20)16-9-8-13(25-16)10-21-22-18(24)11-4-6-12(23)7-5-11/h1-10,23H,(H,22,24)/b21-10-. The average molecular weight is 375 g/mol. The minimum Gasteiger partial charge on any atom is -0.508 e. The molecule has 0 spiro atoms. The summed E-state index contributed by atoms with van der Waals surface area (Å²) in [6.45, 7) is 0. The number of phenols is 1. The summed E-state index contributed by atoms with van der Waals surface area (Å²) >= 11 is 12.2. The zero-order chi connectivity index (χ0) is 17.8. The van der Waals surface area contributed by atoms with Gasteiger partial charge in [0.1, 0.15) is 17.3 Å². The van der Waals surface area contributed by atoms with E-state index in [9.17, 15) is 9.90 Å². The van der Waals surface area contributed by atoms with E-state index >= 15 is 0 Å². The number of furan rings is 1. The number of amides is 1. The van der Waals surface area contributed by atoms with Crippen LogP contribution < -0.4 is 5.43 Å². The highest BCUT2D eigenvalue weighted by molar-refractivity contribution is 6.43. The zero-order valence-electron chi connectivity index (χ0n) is 12.7. The molecule has 0 aliphatic heterocycles. The van der Waals surface area contributed by atoms with Crippen LogP contribution in [-0.2, 0) is 0 Å². The quantitative estimate of drug-likeness (QED) is 0.512. The van der Waals surface area contributed by atoms with Gasteiger partial charge in [0.05, 0.1) is 16.3 Å². The summed E-state index contributed by atoms with van der Waals surface area (Å²) in [5.41, 5.74) is 3.42. The predicted octanol–water partition coefficient (Wildman–Crippen LogP) is 4.72. The fourth-order valence-electron chi connectivity index (χ4n) is 2.09. The van der Waals surface area contributed by atoms with Crippen molar-refractivity contribution in [2.24, 2.45) is 5.10 Å². The maximum atomic E-state index is 11.9. The summed E-state index contributed by atoms with van der Waals surface area (Å²) in [6.07, 6.45) is 1.38. The maximum absolute atomic E-state index is 11.9. The zero-order valence-corrected chi connectivity index (χ0v) is 14.3. The van der Waals surface area contributed by atoms with E-state index in [4.69, 9.17) is 27.6 Å². The van der Waals surface area contributed by atoms with Gasteiger partial charge in [-0.2, -0.15) is 5.10 Å². The van der Waals surface area contributed by atoms with E-state index in [0.29, 0.717) is 32.7 Å². The third kappa shape index (κ3) is 4.02. The number of nitrogens with zero attached hydrogens (tertiary/aromatic N) is 1. The number of benzene rings is 2. The van der Waals surface area contributed by atoms with E-state index < -0.39 is 5.91 Å². The van der Waals surface area contributed by atoms with Crippen molar-refractivity contribution in [3.8, 4) is 17.1 Å². The number of hydrogen-bond acceptors (Lipinski definition) is 4. The van der Waals surface area contributed by atoms with E-state index in [2.05, 4.69) is 10.5 Å². The van der Waals surface area contributed by atoms with Gasteiger partial charge in [0.25, 0.3) is 5.91 Å². The molecular weight excluding hydrogens is 363 g/mol. The summed E-state index contributed by atoms with van der Waals surface area (Å²) in [7, 11) is 0. The molecule has 0 atom stereocenters. The van der Waals surface area contributed by atoms with Gasteiger partial charge in [0.2, 0.25) is 0 Å². The van der Waals surface area contributed by atoms with Gasteiger partial charge in [-0.3, -0.25) is 4.79 Å². The van der Waals surface area contributed by atoms with E-state index in [1.807, 2.05) is 0 Å². The number of hydrazone groups is 1. The molecule has 2 aromatic carbocycles. The molecule has 0 aliphatic carbocycles. The molecule has 0 fully saturated rings. The Morgan fingerprint density at radius 3 is 2.60 bits per heavy atom. The second-order valence-corrected chi connectivity index (χ2v) is 5.83. The van der Waals surface area contributed by atoms with Gasteiger partial charge in [-0.05, 0) is 48.5 Å². The number of nitrogens with one attached hydrogen (secondary N) is 1. The molecule has 0 bridgehead atoms. The number of hydrogen-bond donors (Lipinski definition) is 2. The van der Waals surface area contributed by atoms with Crippen LogP contribution in [-0.4, -0.2) is 17.2 Å². The number of carbonyl (C=O) groups is 1. The fourth-order valence-corrected chi connectivity index (χ4v) is 2.49. The van der Waals surface area contributed by atoms with Crippen molar-refractivity contribution in [2.45, 2.75) is 0 Å². The lowest BCUT2D eigenvalue weighted by molar-refractivity contribution is 0.0955. The molecule has 2 N–H and O–H groups in total. The molecule has 5 nitrogen and oxygen atoms in total. The Morgan fingerprint density at radius 2 is 1.84 bits per heavy atom. The van der Waals surface area contributed by atoms with E-state index in [-0.39, 0.29) is 5.75 Å². The molecule has 3 aromatic rings. The molecule has 25 heavy (non-hydrogen) atoms. The summed E-state index contributed by atoms with van der Waals surface area (Å²) in [5, 5.41) is 13.9. The molecule has 1 aromatic heterocycles. The van der Waals surface area contributed by atoms with E-state index in [0.717, 1.165) is 0 Å². The van der Waals surface area contributed by atoms with Crippen LogP contribution in [0, 0.1) is 0 Å². The topological polar surface area (TPSA) is 74.8 Å². The van der Waals surface area contributed by atoms with Crippen molar-refractivity contribution in [3.05, 3.63) is 76.0 Å². The van der Waals surface area contributed by atoms with Crippen LogP contribution >= 0.6 is 23.2 Å². The summed E-state index contributed by atoms with van der Waals surface area (Å²) < 4.78 is 5.63. The first kappa shape index (κ1) is 17.1. The van der Waals surface area contributed by atoms with Crippen LogP contribution in [0.2, 0.25) is 10.0 Å². The highest BCUT2D eigenvalue weighted by atomic mass is 35.5. The molecule has 3 rings (SSSR count). The van der Waals surface area contributed by atoms with Crippen molar-refractivity contribution in [3.63, 3.8) is 0 Å². The van der Waals surface area contributed by atoms with Crippen LogP contribution in [0.1, 0.15) is 16.1 Å². The molecule has 0 radical (unpaired) electrons. The van der Waals surface area contributed by atoms with Gasteiger partial charge in [0, 0.05) is 11.1 Å². The minimum atomic E-state index is -0.402. The van der Waals surface area contributed by atoms with Crippen molar-refractivity contribution in [1.82, 2.24) is 5.43 Å². The molecule has 0 saturated heterocycles. The van der Waals surface area contributed by atoms with Crippen molar-refractivity contribution in [2.75, 3.05) is 0 Å². The second-order valence-electron chi connectivity index (χ2n) is 5.05. The van der Waals surface area contributed by atoms with Crippen LogP contribution in [0.25, 0.3) is 11.3 Å². The number of rotatable bonds is 4. The molecule has 7 heteroatoms. The second kappa shape index (κ2) is 7.42. The largest absolute Gasteiger partial charge is 0.508 e. The fraction of sp³-hybridized carbons (Fsp3) is 0. The lowest BCUT2D eigenvalue weighted by atomic mass is 10.2. The number of carbonyl (C=O) groups excluding carboxylic acids is 1. The molecule has 1 amide bonds. The maximum Gasteiger partial charge on any atom is 0.271 e. The Morgan fingerprint density at radius 1 is 1.08 bits per heavy atom. The van der Waals surface area contributed by atoms with Crippen LogP contribution in [0.3, 0.4) is 0 Å². The number of halogens is 2. The Balaban J connectivity index is 1.69. The van der Waals surface area contributed by atoms with Crippen LogP contribution in [0.5, 0.6) is 5.75 Å². The van der Waals surface area contributed by atoms with Crippen molar-refractivity contribution >= 4 is 35.3 Å². The minimum absolute atomic E-state index is 0.0860. The van der Waals surface area contributed by atoms with Crippen molar-refractivity contribution < 1.29 is 14.3 Å². The molecule has 1 heterocycles. The van der Waals surface area contributed by atoms with Crippen molar-refractivity contribution in [1.29, 1.82) is 0 Å². The molecule has 126 valence electrons. The summed E-state index contributed by atoms with van der Waals surface area (Å²) in [4.78, 5) is 11.9. The molecule has 0 aliphatic rings. The summed E-state index contributed by atoms with van der Waals surface area (Å²) in [6, 6.07) is 14.5. The first-order valence-electron chi connectivity index (χ1n) is 7.21. The highest BCUT2D eigenvalue weighted by Gasteiger charge is 2.10. The monoisotopic (exact) mass is 374 g/mol. The third-order valence-corrected chi connectivity index (χ3v) is 4.15. The Kier molecular flexibility index (Phi) is 5.07. The lowest BCUT2D eigenvalue weighted by Gasteiger charge is -2.02. The predicted molar refractivity (Wildman–Crippen MR) is 97.3 cm³/mol. The lowest BCUT2D eigenvalue weighted by Crippen LogP contribution is -2.17. The van der Waals surface area contributed by atoms with Crippen LogP contribution in [0.4, 0.5) is 0 Å². The summed E-state index contributed by atoms with van der Waals surface area (Å²) in [5.74, 6) is 0.666. The number of phenolic OH excluding ortho intramolecular Hbond substituents is 1. The normalized spacial score (nSPS) is 11.0. The van der Waals surface area contributed by atoms with Gasteiger partial charge >= 0.3 is 0 Å². The van der Waals surface area contributed by atoms with Gasteiger partial charge in [0.15, 0.2) is 0 Å². The van der Waals surface area contributed by atoms with Gasteiger partial charge < -0.3 is 9.52 Å². The Bertz CT molecular complexity index is 934. The molecular formula is C18H12Cl2N2O3. The highest BCUT2D eigenvalue weighted by Crippen LogP contribution is 2.34. The van der Waals surface area contributed by atoms with Gasteiger partial charge in [-0.15, -0.1) is 0 Å². The molecule has 0 unspecified atom stereocenters. The Hall–Kier alpha value is -2.76.